The molecule has 4 nitrogen and oxygen atoms in total. The van der Waals surface area contributed by atoms with E-state index in [2.05, 4.69) is 14.8 Å². The van der Waals surface area contributed by atoms with Crippen LogP contribution in [0.4, 0.5) is 5.13 Å². The molecule has 17 heavy (non-hydrogen) atoms. The zero-order valence-corrected chi connectivity index (χ0v) is 11.1. The molecule has 0 aromatic carbocycles. The van der Waals surface area contributed by atoms with Crippen LogP contribution in [-0.4, -0.2) is 42.1 Å². The lowest BCUT2D eigenvalue weighted by Gasteiger charge is -2.37. The lowest BCUT2D eigenvalue weighted by molar-refractivity contribution is 0.231. The molecule has 0 saturated carbocycles. The van der Waals surface area contributed by atoms with Gasteiger partial charge in [-0.3, -0.25) is 4.90 Å². The van der Waals surface area contributed by atoms with Crippen LogP contribution in [-0.2, 0) is 0 Å². The van der Waals surface area contributed by atoms with Crippen LogP contribution in [0.25, 0.3) is 0 Å². The normalized spacial score (nSPS) is 27.2. The van der Waals surface area contributed by atoms with Gasteiger partial charge in [-0.15, -0.1) is 11.3 Å². The van der Waals surface area contributed by atoms with Gasteiger partial charge in [0.25, 0.3) is 0 Å². The van der Waals surface area contributed by atoms with Gasteiger partial charge in [-0.25, -0.2) is 4.98 Å². The zero-order chi connectivity index (χ0) is 11.8. The predicted octanol–water partition coefficient (Wildman–Crippen LogP) is 1.45. The van der Waals surface area contributed by atoms with Crippen molar-refractivity contribution in [2.45, 2.75) is 31.8 Å². The molecule has 3 rings (SSSR count). The van der Waals surface area contributed by atoms with Crippen LogP contribution in [0.5, 0.6) is 0 Å². The Hall–Kier alpha value is -0.650. The average Bonchev–Trinajstić information content (AvgIpc) is 2.97. The van der Waals surface area contributed by atoms with Gasteiger partial charge in [-0.2, -0.15) is 0 Å². The number of rotatable bonds is 2. The molecule has 2 atom stereocenters. The average molecular weight is 252 g/mol. The minimum atomic E-state index is 0.106. The van der Waals surface area contributed by atoms with Crippen LogP contribution in [0, 0.1) is 0 Å². The molecule has 2 fully saturated rings. The van der Waals surface area contributed by atoms with Crippen molar-refractivity contribution >= 4 is 16.5 Å². The van der Waals surface area contributed by atoms with Crippen molar-refractivity contribution in [2.75, 3.05) is 31.1 Å². The molecule has 2 aliphatic rings. The van der Waals surface area contributed by atoms with Crippen LogP contribution < -0.4 is 10.6 Å². The molecule has 2 aliphatic heterocycles. The minimum absolute atomic E-state index is 0.106. The van der Waals surface area contributed by atoms with Gasteiger partial charge in [0.1, 0.15) is 0 Å². The largest absolute Gasteiger partial charge is 0.345 e. The summed E-state index contributed by atoms with van der Waals surface area (Å²) in [6.07, 6.45) is 4.65. The Morgan fingerprint density at radius 3 is 3.12 bits per heavy atom. The molecule has 0 radical (unpaired) electrons. The zero-order valence-electron chi connectivity index (χ0n) is 10.3. The number of hydrogen-bond acceptors (Lipinski definition) is 5. The lowest BCUT2D eigenvalue weighted by Crippen LogP contribution is -2.50. The Bertz CT molecular complexity index is 390. The smallest absolute Gasteiger partial charge is 0.185 e. The maximum absolute atomic E-state index is 5.89. The quantitative estimate of drug-likeness (QED) is 0.865. The Morgan fingerprint density at radius 1 is 1.47 bits per heavy atom. The summed E-state index contributed by atoms with van der Waals surface area (Å²) in [5.41, 5.74) is 5.89. The molecule has 0 bridgehead atoms. The van der Waals surface area contributed by atoms with E-state index in [-0.39, 0.29) is 6.04 Å². The van der Waals surface area contributed by atoms with E-state index in [1.807, 2.05) is 13.1 Å². The van der Waals surface area contributed by atoms with Gasteiger partial charge in [-0.05, 0) is 26.3 Å². The number of aromatic nitrogens is 1. The van der Waals surface area contributed by atoms with Gasteiger partial charge in [0.2, 0.25) is 0 Å². The third kappa shape index (κ3) is 2.19. The predicted molar refractivity (Wildman–Crippen MR) is 71.5 cm³/mol. The highest BCUT2D eigenvalue weighted by atomic mass is 32.1. The first kappa shape index (κ1) is 11.4. The minimum Gasteiger partial charge on any atom is -0.345 e. The van der Waals surface area contributed by atoms with Crippen molar-refractivity contribution in [3.8, 4) is 0 Å². The van der Waals surface area contributed by atoms with Crippen molar-refractivity contribution in [2.24, 2.45) is 5.73 Å². The number of hydrogen-bond donors (Lipinski definition) is 1. The summed E-state index contributed by atoms with van der Waals surface area (Å²) < 4.78 is 0. The number of thiazole rings is 1. The molecule has 94 valence electrons. The summed E-state index contributed by atoms with van der Waals surface area (Å²) in [5.74, 6) is 0. The molecule has 3 heterocycles. The fourth-order valence-corrected chi connectivity index (χ4v) is 3.70. The standard InChI is InChI=1S/C12H20N4S/c1-9(13)11-7-14-12(17-11)16-6-5-15-4-2-3-10(15)8-16/h7,9-10H,2-6,8,13H2,1H3. The fourth-order valence-electron chi connectivity index (χ4n) is 2.80. The molecular formula is C12H20N4S. The summed E-state index contributed by atoms with van der Waals surface area (Å²) >= 11 is 1.75. The third-order valence-corrected chi connectivity index (χ3v) is 5.08. The maximum atomic E-state index is 5.89. The van der Waals surface area contributed by atoms with Crippen molar-refractivity contribution in [1.29, 1.82) is 0 Å². The third-order valence-electron chi connectivity index (χ3n) is 3.82. The van der Waals surface area contributed by atoms with Crippen LogP contribution in [0.3, 0.4) is 0 Å². The Morgan fingerprint density at radius 2 is 2.35 bits per heavy atom. The Balaban J connectivity index is 1.71. The summed E-state index contributed by atoms with van der Waals surface area (Å²) in [6, 6.07) is 0.861. The van der Waals surface area contributed by atoms with Gasteiger partial charge in [0.15, 0.2) is 5.13 Å². The van der Waals surface area contributed by atoms with E-state index in [0.29, 0.717) is 0 Å². The Kier molecular flexibility index (Phi) is 3.06. The van der Waals surface area contributed by atoms with E-state index in [9.17, 15) is 0 Å². The summed E-state index contributed by atoms with van der Waals surface area (Å²) in [4.78, 5) is 10.8. The highest BCUT2D eigenvalue weighted by Gasteiger charge is 2.31. The second-order valence-electron chi connectivity index (χ2n) is 5.11. The molecular weight excluding hydrogens is 232 g/mol. The first-order valence-electron chi connectivity index (χ1n) is 6.44. The Labute approximate surface area is 106 Å². The monoisotopic (exact) mass is 252 g/mol. The van der Waals surface area contributed by atoms with E-state index < -0.39 is 0 Å². The second-order valence-corrected chi connectivity index (χ2v) is 6.15. The number of nitrogens with zero attached hydrogens (tertiary/aromatic N) is 3. The van der Waals surface area contributed by atoms with Gasteiger partial charge in [0.05, 0.1) is 0 Å². The first-order chi connectivity index (χ1) is 8.24. The highest BCUT2D eigenvalue weighted by molar-refractivity contribution is 7.15. The molecule has 2 N–H and O–H groups in total. The van der Waals surface area contributed by atoms with Crippen molar-refractivity contribution in [3.05, 3.63) is 11.1 Å². The lowest BCUT2D eigenvalue weighted by atomic mass is 10.2. The molecule has 1 aromatic heterocycles. The number of fused-ring (bicyclic) bond motifs is 1. The topological polar surface area (TPSA) is 45.4 Å². The summed E-state index contributed by atoms with van der Waals surface area (Å²) in [6.45, 7) is 6.76. The number of piperazine rings is 1. The van der Waals surface area contributed by atoms with Gasteiger partial charge in [0, 0.05) is 42.8 Å². The first-order valence-corrected chi connectivity index (χ1v) is 7.26. The molecule has 2 unspecified atom stereocenters. The molecule has 5 heteroatoms. The second kappa shape index (κ2) is 4.55. The van der Waals surface area contributed by atoms with Crippen LogP contribution in [0.15, 0.2) is 6.20 Å². The molecule has 0 amide bonds. The SMILES string of the molecule is CC(N)c1cnc(N2CCN3CCCC3C2)s1. The van der Waals surface area contributed by atoms with E-state index in [1.165, 1.54) is 30.8 Å². The summed E-state index contributed by atoms with van der Waals surface area (Å²) in [7, 11) is 0. The molecule has 2 saturated heterocycles. The molecule has 1 aromatic rings. The van der Waals surface area contributed by atoms with E-state index in [1.54, 1.807) is 11.3 Å². The van der Waals surface area contributed by atoms with E-state index in [0.717, 1.165) is 24.3 Å². The van der Waals surface area contributed by atoms with Crippen molar-refractivity contribution in [3.63, 3.8) is 0 Å². The van der Waals surface area contributed by atoms with Crippen LogP contribution in [0.2, 0.25) is 0 Å². The number of nitrogens with two attached hydrogens (primary N) is 1. The molecule has 0 spiro atoms. The van der Waals surface area contributed by atoms with E-state index >= 15 is 0 Å². The highest BCUT2D eigenvalue weighted by Crippen LogP contribution is 2.30. The van der Waals surface area contributed by atoms with E-state index in [4.69, 9.17) is 5.73 Å². The fraction of sp³-hybridized carbons (Fsp3) is 0.750. The maximum Gasteiger partial charge on any atom is 0.185 e. The van der Waals surface area contributed by atoms with Gasteiger partial charge < -0.3 is 10.6 Å². The number of anilines is 1. The van der Waals surface area contributed by atoms with Crippen LogP contribution >= 0.6 is 11.3 Å². The van der Waals surface area contributed by atoms with Crippen molar-refractivity contribution in [1.82, 2.24) is 9.88 Å². The van der Waals surface area contributed by atoms with Gasteiger partial charge >= 0.3 is 0 Å². The van der Waals surface area contributed by atoms with Gasteiger partial charge in [-0.1, -0.05) is 0 Å². The molecule has 0 aliphatic carbocycles. The summed E-state index contributed by atoms with van der Waals surface area (Å²) in [5, 5.41) is 1.16. The van der Waals surface area contributed by atoms with Crippen molar-refractivity contribution < 1.29 is 0 Å². The van der Waals surface area contributed by atoms with Crippen LogP contribution in [0.1, 0.15) is 30.7 Å².